The molecule has 4 heteroatoms. The van der Waals surface area contributed by atoms with Crippen LogP contribution < -0.4 is 4.74 Å². The van der Waals surface area contributed by atoms with E-state index in [1.165, 1.54) is 5.56 Å². The Bertz CT molecular complexity index is 703. The zero-order chi connectivity index (χ0) is 12.5. The molecule has 0 N–H and O–H groups in total. The van der Waals surface area contributed by atoms with E-state index in [0.29, 0.717) is 0 Å². The molecule has 0 atom stereocenters. The molecule has 0 aliphatic heterocycles. The summed E-state index contributed by atoms with van der Waals surface area (Å²) in [7, 11) is 1.64. The minimum Gasteiger partial charge on any atom is -0.493 e. The second-order valence-corrected chi connectivity index (χ2v) is 4.16. The van der Waals surface area contributed by atoms with Crippen LogP contribution in [0.25, 0.3) is 17.0 Å². The highest BCUT2D eigenvalue weighted by molar-refractivity contribution is 5.63. The van der Waals surface area contributed by atoms with Gasteiger partial charge in [0.2, 0.25) is 5.65 Å². The third kappa shape index (κ3) is 1.62. The number of hydrogen-bond acceptors (Lipinski definition) is 3. The molecule has 0 aliphatic carbocycles. The normalized spacial score (nSPS) is 10.8. The molecule has 0 fully saturated rings. The molecule has 0 saturated carbocycles. The van der Waals surface area contributed by atoms with Gasteiger partial charge in [-0.05, 0) is 25.1 Å². The van der Waals surface area contributed by atoms with Crippen LogP contribution in [-0.4, -0.2) is 21.7 Å². The predicted octanol–water partition coefficient (Wildman–Crippen LogP) is 2.71. The maximum atomic E-state index is 5.28. The average molecular weight is 239 g/mol. The van der Waals surface area contributed by atoms with E-state index in [9.17, 15) is 0 Å². The van der Waals surface area contributed by atoms with Gasteiger partial charge in [0.1, 0.15) is 0 Å². The molecule has 0 radical (unpaired) electrons. The summed E-state index contributed by atoms with van der Waals surface area (Å²) in [4.78, 5) is 0. The lowest BCUT2D eigenvalue weighted by atomic mass is 10.1. The van der Waals surface area contributed by atoms with Gasteiger partial charge in [-0.25, -0.2) is 0 Å². The summed E-state index contributed by atoms with van der Waals surface area (Å²) in [6.07, 6.45) is 1.94. The molecule has 3 rings (SSSR count). The van der Waals surface area contributed by atoms with Crippen LogP contribution in [0.1, 0.15) is 5.56 Å². The van der Waals surface area contributed by atoms with Crippen LogP contribution in [-0.2, 0) is 0 Å². The molecule has 0 unspecified atom stereocenters. The van der Waals surface area contributed by atoms with E-state index >= 15 is 0 Å². The fourth-order valence-corrected chi connectivity index (χ4v) is 2.03. The second kappa shape index (κ2) is 4.14. The first-order chi connectivity index (χ1) is 8.79. The van der Waals surface area contributed by atoms with Crippen LogP contribution in [0.5, 0.6) is 5.75 Å². The van der Waals surface area contributed by atoms with Crippen LogP contribution in [0.15, 0.2) is 42.6 Å². The zero-order valence-electron chi connectivity index (χ0n) is 10.3. The number of rotatable bonds is 2. The standard InChI is InChI=1S/C14H13N3O/c1-10-5-3-6-11(9-10)13-15-16-14-12(18-2)7-4-8-17(13)14/h3-9H,1-2H3. The van der Waals surface area contributed by atoms with Gasteiger partial charge in [-0.1, -0.05) is 23.8 Å². The van der Waals surface area contributed by atoms with Crippen LogP contribution in [0.3, 0.4) is 0 Å². The summed E-state index contributed by atoms with van der Waals surface area (Å²) < 4.78 is 7.22. The largest absolute Gasteiger partial charge is 0.493 e. The molecule has 0 saturated heterocycles. The highest BCUT2D eigenvalue weighted by atomic mass is 16.5. The Labute approximate surface area is 105 Å². The van der Waals surface area contributed by atoms with Crippen molar-refractivity contribution in [3.8, 4) is 17.1 Å². The smallest absolute Gasteiger partial charge is 0.203 e. The highest BCUT2D eigenvalue weighted by Crippen LogP contribution is 2.23. The lowest BCUT2D eigenvalue weighted by Gasteiger charge is -2.03. The summed E-state index contributed by atoms with van der Waals surface area (Å²) in [5.41, 5.74) is 2.99. The summed E-state index contributed by atoms with van der Waals surface area (Å²) in [6.45, 7) is 2.06. The fourth-order valence-electron chi connectivity index (χ4n) is 2.03. The summed E-state index contributed by atoms with van der Waals surface area (Å²) >= 11 is 0. The predicted molar refractivity (Wildman–Crippen MR) is 69.7 cm³/mol. The lowest BCUT2D eigenvalue weighted by molar-refractivity contribution is 0.417. The first-order valence-electron chi connectivity index (χ1n) is 5.74. The number of fused-ring (bicyclic) bond motifs is 1. The van der Waals surface area contributed by atoms with Crippen LogP contribution in [0.4, 0.5) is 0 Å². The summed E-state index contributed by atoms with van der Waals surface area (Å²) in [6, 6.07) is 12.0. The van der Waals surface area contributed by atoms with Gasteiger partial charge >= 0.3 is 0 Å². The molecule has 90 valence electrons. The van der Waals surface area contributed by atoms with Gasteiger partial charge in [-0.15, -0.1) is 10.2 Å². The molecule has 1 aromatic carbocycles. The van der Waals surface area contributed by atoms with Crippen molar-refractivity contribution in [2.45, 2.75) is 6.92 Å². The van der Waals surface area contributed by atoms with Gasteiger partial charge in [-0.3, -0.25) is 4.40 Å². The summed E-state index contributed by atoms with van der Waals surface area (Å²) in [5, 5.41) is 8.43. The Balaban J connectivity index is 2.25. The Morgan fingerprint density at radius 2 is 2.00 bits per heavy atom. The molecule has 2 aromatic heterocycles. The number of methoxy groups -OCH3 is 1. The maximum Gasteiger partial charge on any atom is 0.203 e. The van der Waals surface area contributed by atoms with Gasteiger partial charge in [-0.2, -0.15) is 0 Å². The van der Waals surface area contributed by atoms with Crippen LogP contribution >= 0.6 is 0 Å². The monoisotopic (exact) mass is 239 g/mol. The Kier molecular flexibility index (Phi) is 2.48. The fraction of sp³-hybridized carbons (Fsp3) is 0.143. The van der Waals surface area contributed by atoms with Crippen molar-refractivity contribution in [1.29, 1.82) is 0 Å². The van der Waals surface area contributed by atoms with E-state index in [4.69, 9.17) is 4.74 Å². The van der Waals surface area contributed by atoms with E-state index in [-0.39, 0.29) is 0 Å². The minimum atomic E-state index is 0.726. The Hall–Kier alpha value is -2.36. The minimum absolute atomic E-state index is 0.726. The summed E-state index contributed by atoms with van der Waals surface area (Å²) in [5.74, 6) is 1.55. The maximum absolute atomic E-state index is 5.28. The van der Waals surface area contributed by atoms with Crippen LogP contribution in [0.2, 0.25) is 0 Å². The SMILES string of the molecule is COc1cccn2c(-c3cccc(C)c3)nnc12. The Morgan fingerprint density at radius 3 is 2.78 bits per heavy atom. The van der Waals surface area contributed by atoms with Crippen molar-refractivity contribution in [1.82, 2.24) is 14.6 Å². The number of aryl methyl sites for hydroxylation is 1. The zero-order valence-corrected chi connectivity index (χ0v) is 10.3. The topological polar surface area (TPSA) is 39.4 Å². The third-order valence-electron chi connectivity index (χ3n) is 2.90. The number of ether oxygens (including phenoxy) is 1. The molecule has 0 amide bonds. The second-order valence-electron chi connectivity index (χ2n) is 4.16. The van der Waals surface area contributed by atoms with Gasteiger partial charge in [0.25, 0.3) is 0 Å². The van der Waals surface area contributed by atoms with E-state index in [1.54, 1.807) is 7.11 Å². The lowest BCUT2D eigenvalue weighted by Crippen LogP contribution is -1.92. The van der Waals surface area contributed by atoms with Crippen molar-refractivity contribution in [3.63, 3.8) is 0 Å². The number of benzene rings is 1. The molecular formula is C14H13N3O. The third-order valence-corrected chi connectivity index (χ3v) is 2.90. The number of nitrogens with zero attached hydrogens (tertiary/aromatic N) is 3. The molecule has 2 heterocycles. The van der Waals surface area contributed by atoms with E-state index < -0.39 is 0 Å². The van der Waals surface area contributed by atoms with Crippen molar-refractivity contribution in [2.24, 2.45) is 0 Å². The van der Waals surface area contributed by atoms with Gasteiger partial charge in [0, 0.05) is 11.8 Å². The van der Waals surface area contributed by atoms with E-state index in [0.717, 1.165) is 22.8 Å². The van der Waals surface area contributed by atoms with Crippen molar-refractivity contribution in [3.05, 3.63) is 48.2 Å². The number of aromatic nitrogens is 3. The molecule has 3 aromatic rings. The Morgan fingerprint density at radius 1 is 1.11 bits per heavy atom. The first-order valence-corrected chi connectivity index (χ1v) is 5.74. The number of pyridine rings is 1. The van der Waals surface area contributed by atoms with Gasteiger partial charge < -0.3 is 4.74 Å². The van der Waals surface area contributed by atoms with Crippen molar-refractivity contribution < 1.29 is 4.74 Å². The quantitative estimate of drug-likeness (QED) is 0.690. The van der Waals surface area contributed by atoms with Crippen molar-refractivity contribution in [2.75, 3.05) is 7.11 Å². The van der Waals surface area contributed by atoms with Gasteiger partial charge in [0.15, 0.2) is 11.6 Å². The molecule has 0 spiro atoms. The molecule has 0 aliphatic rings. The van der Waals surface area contributed by atoms with E-state index in [1.807, 2.05) is 34.9 Å². The molecule has 4 nitrogen and oxygen atoms in total. The van der Waals surface area contributed by atoms with E-state index in [2.05, 4.69) is 29.3 Å². The van der Waals surface area contributed by atoms with Crippen molar-refractivity contribution >= 4 is 5.65 Å². The highest BCUT2D eigenvalue weighted by Gasteiger charge is 2.10. The molecule has 18 heavy (non-hydrogen) atoms. The van der Waals surface area contributed by atoms with Crippen LogP contribution in [0, 0.1) is 6.92 Å². The molecule has 0 bridgehead atoms. The molecular weight excluding hydrogens is 226 g/mol. The average Bonchev–Trinajstić information content (AvgIpc) is 2.82. The first kappa shape index (κ1) is 10.8. The number of hydrogen-bond donors (Lipinski definition) is 0. The van der Waals surface area contributed by atoms with Gasteiger partial charge in [0.05, 0.1) is 7.11 Å².